The Kier molecular flexibility index (Phi) is 6.13. The standard InChI is InChI=1S/C15H18O2.Na/c1-2-3-4-5-11-6-7-12-9-14(15(16)17)10-13(12)8-11;/h2-3,6-8,14H,4-5,9-10H2,1H3,(H,16,17);/q;+1/p-1/b3-2+;. The monoisotopic (exact) mass is 252 g/mol. The van der Waals surface area contributed by atoms with Gasteiger partial charge in [-0.05, 0) is 49.3 Å². The van der Waals surface area contributed by atoms with Crippen LogP contribution in [-0.2, 0) is 24.1 Å². The molecule has 0 N–H and O–H groups in total. The van der Waals surface area contributed by atoms with Crippen molar-refractivity contribution in [3.8, 4) is 0 Å². The van der Waals surface area contributed by atoms with Gasteiger partial charge in [0.15, 0.2) is 0 Å². The number of fused-ring (bicyclic) bond motifs is 1. The van der Waals surface area contributed by atoms with E-state index in [1.807, 2.05) is 6.92 Å². The normalized spacial score (nSPS) is 17.5. The maximum Gasteiger partial charge on any atom is 1.00 e. The minimum absolute atomic E-state index is 0. The molecule has 0 fully saturated rings. The Morgan fingerprint density at radius 3 is 2.78 bits per heavy atom. The Morgan fingerprint density at radius 1 is 1.39 bits per heavy atom. The van der Waals surface area contributed by atoms with Crippen LogP contribution in [0.4, 0.5) is 0 Å². The largest absolute Gasteiger partial charge is 1.00 e. The zero-order chi connectivity index (χ0) is 12.3. The van der Waals surface area contributed by atoms with Gasteiger partial charge in [0.25, 0.3) is 0 Å². The molecule has 0 aromatic heterocycles. The van der Waals surface area contributed by atoms with Crippen LogP contribution < -0.4 is 34.7 Å². The number of rotatable bonds is 4. The van der Waals surface area contributed by atoms with Gasteiger partial charge in [0, 0.05) is 11.9 Å². The van der Waals surface area contributed by atoms with E-state index in [0.717, 1.165) is 12.8 Å². The van der Waals surface area contributed by atoms with Crippen molar-refractivity contribution in [2.75, 3.05) is 0 Å². The van der Waals surface area contributed by atoms with Gasteiger partial charge in [0.05, 0.1) is 0 Å². The van der Waals surface area contributed by atoms with Gasteiger partial charge in [-0.3, -0.25) is 0 Å². The second-order valence-corrected chi connectivity index (χ2v) is 4.63. The van der Waals surface area contributed by atoms with Crippen molar-refractivity contribution in [2.24, 2.45) is 5.92 Å². The maximum absolute atomic E-state index is 10.8. The molecule has 0 aliphatic heterocycles. The number of aryl methyl sites for hydroxylation is 1. The molecule has 0 saturated heterocycles. The first-order chi connectivity index (χ1) is 8.20. The van der Waals surface area contributed by atoms with Crippen molar-refractivity contribution < 1.29 is 39.5 Å². The van der Waals surface area contributed by atoms with Crippen LogP contribution in [0.5, 0.6) is 0 Å². The molecule has 0 bridgehead atoms. The zero-order valence-corrected chi connectivity index (χ0v) is 13.1. The van der Waals surface area contributed by atoms with E-state index in [2.05, 4.69) is 30.4 Å². The van der Waals surface area contributed by atoms with Crippen LogP contribution >= 0.6 is 0 Å². The number of carboxylic acids is 1. The molecule has 2 rings (SSSR count). The topological polar surface area (TPSA) is 40.1 Å². The fraction of sp³-hybridized carbons (Fsp3) is 0.400. The van der Waals surface area contributed by atoms with Gasteiger partial charge >= 0.3 is 29.6 Å². The molecule has 1 atom stereocenters. The van der Waals surface area contributed by atoms with Crippen molar-refractivity contribution >= 4 is 5.97 Å². The van der Waals surface area contributed by atoms with Gasteiger partial charge in [-0.1, -0.05) is 30.4 Å². The maximum atomic E-state index is 10.8. The Balaban J connectivity index is 0.00000162. The van der Waals surface area contributed by atoms with E-state index in [9.17, 15) is 9.90 Å². The van der Waals surface area contributed by atoms with Crippen LogP contribution in [0.1, 0.15) is 30.0 Å². The minimum atomic E-state index is -0.920. The second kappa shape index (κ2) is 7.13. The van der Waals surface area contributed by atoms with Crippen molar-refractivity contribution in [3.05, 3.63) is 47.0 Å². The molecular weight excluding hydrogens is 235 g/mol. The van der Waals surface area contributed by atoms with Crippen LogP contribution in [-0.4, -0.2) is 5.97 Å². The molecule has 0 spiro atoms. The molecular formula is C15H17NaO2. The van der Waals surface area contributed by atoms with Crippen LogP contribution in [0.15, 0.2) is 30.4 Å². The molecule has 18 heavy (non-hydrogen) atoms. The molecule has 1 aliphatic carbocycles. The van der Waals surface area contributed by atoms with Crippen LogP contribution in [0.3, 0.4) is 0 Å². The third-order valence-corrected chi connectivity index (χ3v) is 3.37. The Labute approximate surface area is 130 Å². The molecule has 0 heterocycles. The molecule has 1 aliphatic rings. The SMILES string of the molecule is C/C=C/CCc1ccc2c(c1)CC(C(=O)[O-])C2.[Na+]. The summed E-state index contributed by atoms with van der Waals surface area (Å²) in [6.07, 6.45) is 7.53. The van der Waals surface area contributed by atoms with Crippen LogP contribution in [0, 0.1) is 5.92 Å². The predicted octanol–water partition coefficient (Wildman–Crippen LogP) is -1.34. The summed E-state index contributed by atoms with van der Waals surface area (Å²) in [4.78, 5) is 10.8. The van der Waals surface area contributed by atoms with E-state index in [0.29, 0.717) is 12.8 Å². The number of allylic oxidation sites excluding steroid dienone is 2. The average molecular weight is 252 g/mol. The van der Waals surface area contributed by atoms with E-state index in [1.165, 1.54) is 16.7 Å². The summed E-state index contributed by atoms with van der Waals surface area (Å²) in [5, 5.41) is 10.8. The third kappa shape index (κ3) is 3.71. The van der Waals surface area contributed by atoms with Crippen molar-refractivity contribution in [1.82, 2.24) is 0 Å². The Hall–Kier alpha value is -0.570. The van der Waals surface area contributed by atoms with Crippen molar-refractivity contribution in [1.29, 1.82) is 0 Å². The number of carbonyl (C=O) groups excluding carboxylic acids is 1. The molecule has 0 radical (unpaired) electrons. The Bertz CT molecular complexity index is 452. The summed E-state index contributed by atoms with van der Waals surface area (Å²) in [5.41, 5.74) is 3.66. The second-order valence-electron chi connectivity index (χ2n) is 4.63. The van der Waals surface area contributed by atoms with Crippen molar-refractivity contribution in [3.63, 3.8) is 0 Å². The fourth-order valence-corrected chi connectivity index (χ4v) is 2.41. The van der Waals surface area contributed by atoms with E-state index in [4.69, 9.17) is 0 Å². The van der Waals surface area contributed by atoms with Gasteiger partial charge in [-0.15, -0.1) is 0 Å². The summed E-state index contributed by atoms with van der Waals surface area (Å²) < 4.78 is 0. The molecule has 3 heteroatoms. The van der Waals surface area contributed by atoms with Crippen LogP contribution in [0.25, 0.3) is 0 Å². The molecule has 1 aromatic rings. The first kappa shape index (κ1) is 15.5. The predicted molar refractivity (Wildman–Crippen MR) is 65.5 cm³/mol. The number of hydrogen-bond donors (Lipinski definition) is 0. The van der Waals surface area contributed by atoms with E-state index in [1.54, 1.807) is 0 Å². The average Bonchev–Trinajstić information content (AvgIpc) is 2.72. The first-order valence-corrected chi connectivity index (χ1v) is 6.13. The molecule has 0 saturated carbocycles. The van der Waals surface area contributed by atoms with E-state index >= 15 is 0 Å². The fourth-order valence-electron chi connectivity index (χ4n) is 2.41. The number of benzene rings is 1. The number of hydrogen-bond acceptors (Lipinski definition) is 2. The number of carboxylic acid groups (broad SMARTS) is 1. The van der Waals surface area contributed by atoms with Gasteiger partial charge in [-0.2, -0.15) is 0 Å². The van der Waals surface area contributed by atoms with Gasteiger partial charge in [0.1, 0.15) is 0 Å². The molecule has 90 valence electrons. The summed E-state index contributed by atoms with van der Waals surface area (Å²) in [6.45, 7) is 2.02. The molecule has 1 unspecified atom stereocenters. The van der Waals surface area contributed by atoms with Gasteiger partial charge in [-0.25, -0.2) is 0 Å². The Morgan fingerprint density at radius 2 is 2.11 bits per heavy atom. The third-order valence-electron chi connectivity index (χ3n) is 3.37. The molecule has 1 aromatic carbocycles. The van der Waals surface area contributed by atoms with Crippen molar-refractivity contribution in [2.45, 2.75) is 32.6 Å². The molecule has 2 nitrogen and oxygen atoms in total. The quantitative estimate of drug-likeness (QED) is 0.492. The van der Waals surface area contributed by atoms with Gasteiger partial charge in [0.2, 0.25) is 0 Å². The van der Waals surface area contributed by atoms with Crippen LogP contribution in [0.2, 0.25) is 0 Å². The summed E-state index contributed by atoms with van der Waals surface area (Å²) in [7, 11) is 0. The zero-order valence-electron chi connectivity index (χ0n) is 11.1. The number of aliphatic carboxylic acids is 1. The minimum Gasteiger partial charge on any atom is -0.550 e. The molecule has 0 amide bonds. The number of carbonyl (C=O) groups is 1. The summed E-state index contributed by atoms with van der Waals surface area (Å²) in [5.74, 6) is -1.24. The summed E-state index contributed by atoms with van der Waals surface area (Å²) in [6, 6.07) is 6.34. The summed E-state index contributed by atoms with van der Waals surface area (Å²) >= 11 is 0. The van der Waals surface area contributed by atoms with Gasteiger partial charge < -0.3 is 9.90 Å². The smallest absolute Gasteiger partial charge is 0.550 e. The van der Waals surface area contributed by atoms with E-state index in [-0.39, 0.29) is 35.5 Å². The first-order valence-electron chi connectivity index (χ1n) is 6.13. The van der Waals surface area contributed by atoms with E-state index < -0.39 is 5.97 Å².